The second-order valence-corrected chi connectivity index (χ2v) is 4.65. The Balaban J connectivity index is 2.70. The third-order valence-electron chi connectivity index (χ3n) is 2.92. The van der Waals surface area contributed by atoms with Gasteiger partial charge in [0.2, 0.25) is 0 Å². The molecular formula is C14H22N2O2. The number of nitrogens with one attached hydrogen (secondary N) is 1. The first-order valence-corrected chi connectivity index (χ1v) is 6.44. The van der Waals surface area contributed by atoms with E-state index in [1.54, 1.807) is 18.2 Å². The Labute approximate surface area is 108 Å². The molecule has 0 spiro atoms. The van der Waals surface area contributed by atoms with Crippen LogP contribution < -0.4 is 11.1 Å². The van der Waals surface area contributed by atoms with Crippen LogP contribution in [0.4, 0.5) is 11.4 Å². The Hall–Kier alpha value is -1.71. The highest BCUT2D eigenvalue weighted by molar-refractivity contribution is 5.95. The Morgan fingerprint density at radius 1 is 1.44 bits per heavy atom. The van der Waals surface area contributed by atoms with Crippen molar-refractivity contribution in [3.05, 3.63) is 23.8 Å². The molecule has 1 aromatic rings. The average Bonchev–Trinajstić information content (AvgIpc) is 2.29. The van der Waals surface area contributed by atoms with E-state index in [4.69, 9.17) is 10.8 Å². The van der Waals surface area contributed by atoms with E-state index in [2.05, 4.69) is 19.2 Å². The fourth-order valence-electron chi connectivity index (χ4n) is 1.91. The lowest BCUT2D eigenvalue weighted by molar-refractivity contribution is 0.0698. The third kappa shape index (κ3) is 4.28. The number of nitrogen functional groups attached to an aromatic ring is 1. The van der Waals surface area contributed by atoms with Crippen LogP contribution in [0.25, 0.3) is 0 Å². The molecular weight excluding hydrogens is 228 g/mol. The van der Waals surface area contributed by atoms with Crippen molar-refractivity contribution in [3.8, 4) is 0 Å². The molecule has 4 N–H and O–H groups in total. The van der Waals surface area contributed by atoms with Gasteiger partial charge < -0.3 is 16.2 Å². The predicted molar refractivity (Wildman–Crippen MR) is 75.0 cm³/mol. The summed E-state index contributed by atoms with van der Waals surface area (Å²) in [5, 5.41) is 12.3. The number of rotatable bonds is 7. The molecule has 1 rings (SSSR count). The Morgan fingerprint density at radius 3 is 2.78 bits per heavy atom. The van der Waals surface area contributed by atoms with E-state index in [0.717, 1.165) is 12.8 Å². The highest BCUT2D eigenvalue weighted by Crippen LogP contribution is 2.21. The van der Waals surface area contributed by atoms with Crippen LogP contribution in [0.5, 0.6) is 0 Å². The number of carboxylic acids is 1. The van der Waals surface area contributed by atoms with Crippen molar-refractivity contribution in [3.63, 3.8) is 0 Å². The highest BCUT2D eigenvalue weighted by Gasteiger charge is 2.12. The summed E-state index contributed by atoms with van der Waals surface area (Å²) < 4.78 is 0. The predicted octanol–water partition coefficient (Wildman–Crippen LogP) is 3.35. The normalized spacial score (nSPS) is 12.1. The largest absolute Gasteiger partial charge is 0.478 e. The van der Waals surface area contributed by atoms with E-state index >= 15 is 0 Å². The molecule has 1 unspecified atom stereocenters. The van der Waals surface area contributed by atoms with E-state index in [0.29, 0.717) is 11.4 Å². The molecule has 0 aliphatic carbocycles. The van der Waals surface area contributed by atoms with Gasteiger partial charge in [0.15, 0.2) is 0 Å². The number of carboxylic acid groups (broad SMARTS) is 1. The molecule has 0 bridgehead atoms. The summed E-state index contributed by atoms with van der Waals surface area (Å²) in [7, 11) is 0. The Bertz CT molecular complexity index is 405. The quantitative estimate of drug-likeness (QED) is 0.512. The van der Waals surface area contributed by atoms with Crippen LogP contribution in [0.1, 0.15) is 49.9 Å². The number of carbonyl (C=O) groups is 1. The second kappa shape index (κ2) is 6.89. The number of nitrogens with two attached hydrogens (primary N) is 1. The van der Waals surface area contributed by atoms with Gasteiger partial charge in [-0.1, -0.05) is 26.2 Å². The van der Waals surface area contributed by atoms with E-state index in [9.17, 15) is 4.79 Å². The fourth-order valence-corrected chi connectivity index (χ4v) is 1.91. The van der Waals surface area contributed by atoms with Gasteiger partial charge in [0.1, 0.15) is 0 Å². The minimum atomic E-state index is -0.932. The van der Waals surface area contributed by atoms with Crippen molar-refractivity contribution in [2.75, 3.05) is 11.1 Å². The smallest absolute Gasteiger partial charge is 0.337 e. The first-order valence-electron chi connectivity index (χ1n) is 6.44. The van der Waals surface area contributed by atoms with E-state index in [1.807, 2.05) is 0 Å². The topological polar surface area (TPSA) is 75.3 Å². The van der Waals surface area contributed by atoms with Crippen molar-refractivity contribution < 1.29 is 9.90 Å². The molecule has 0 saturated carbocycles. The van der Waals surface area contributed by atoms with Crippen LogP contribution >= 0.6 is 0 Å². The zero-order valence-electron chi connectivity index (χ0n) is 11.1. The molecule has 0 aliphatic heterocycles. The van der Waals surface area contributed by atoms with Gasteiger partial charge in [0.25, 0.3) is 0 Å². The average molecular weight is 250 g/mol. The van der Waals surface area contributed by atoms with Gasteiger partial charge in [0, 0.05) is 11.7 Å². The SMILES string of the molecule is CCCCCC(C)Nc1cc(N)ccc1C(=O)O. The third-order valence-corrected chi connectivity index (χ3v) is 2.92. The van der Waals surface area contributed by atoms with Gasteiger partial charge in [0.05, 0.1) is 11.3 Å². The Kier molecular flexibility index (Phi) is 5.49. The zero-order valence-corrected chi connectivity index (χ0v) is 11.1. The molecule has 0 amide bonds. The lowest BCUT2D eigenvalue weighted by atomic mass is 10.1. The van der Waals surface area contributed by atoms with Gasteiger partial charge in [-0.15, -0.1) is 0 Å². The minimum Gasteiger partial charge on any atom is -0.478 e. The molecule has 4 heteroatoms. The molecule has 100 valence electrons. The molecule has 0 fully saturated rings. The molecule has 0 saturated heterocycles. The summed E-state index contributed by atoms with van der Waals surface area (Å²) in [6.45, 7) is 4.23. The molecule has 0 radical (unpaired) electrons. The van der Waals surface area contributed by atoms with Crippen molar-refractivity contribution in [2.24, 2.45) is 0 Å². The number of anilines is 2. The van der Waals surface area contributed by atoms with E-state index < -0.39 is 5.97 Å². The lowest BCUT2D eigenvalue weighted by Crippen LogP contribution is -2.17. The standard InChI is InChI=1S/C14H22N2O2/c1-3-4-5-6-10(2)16-13-9-11(15)7-8-12(13)14(17)18/h7-10,16H,3-6,15H2,1-2H3,(H,17,18). The van der Waals surface area contributed by atoms with Crippen LogP contribution in [0.2, 0.25) is 0 Å². The molecule has 0 aromatic heterocycles. The fraction of sp³-hybridized carbons (Fsp3) is 0.500. The number of aromatic carboxylic acids is 1. The second-order valence-electron chi connectivity index (χ2n) is 4.65. The number of hydrogen-bond acceptors (Lipinski definition) is 3. The van der Waals surface area contributed by atoms with Gasteiger partial charge in [-0.05, 0) is 31.5 Å². The van der Waals surface area contributed by atoms with Crippen LogP contribution in [-0.4, -0.2) is 17.1 Å². The van der Waals surface area contributed by atoms with Gasteiger partial charge in [-0.3, -0.25) is 0 Å². The minimum absolute atomic E-state index is 0.247. The first kappa shape index (κ1) is 14.4. The van der Waals surface area contributed by atoms with Crippen LogP contribution in [-0.2, 0) is 0 Å². The van der Waals surface area contributed by atoms with Crippen molar-refractivity contribution >= 4 is 17.3 Å². The van der Waals surface area contributed by atoms with E-state index in [-0.39, 0.29) is 11.6 Å². The maximum atomic E-state index is 11.1. The summed E-state index contributed by atoms with van der Waals surface area (Å²) >= 11 is 0. The summed E-state index contributed by atoms with van der Waals surface area (Å²) in [6, 6.07) is 5.08. The molecule has 1 atom stereocenters. The molecule has 18 heavy (non-hydrogen) atoms. The van der Waals surface area contributed by atoms with Crippen molar-refractivity contribution in [2.45, 2.75) is 45.6 Å². The summed E-state index contributed by atoms with van der Waals surface area (Å²) in [5.74, 6) is -0.932. The number of benzene rings is 1. The summed E-state index contributed by atoms with van der Waals surface area (Å²) in [6.07, 6.45) is 4.57. The Morgan fingerprint density at radius 2 is 2.17 bits per heavy atom. The molecule has 1 aromatic carbocycles. The number of hydrogen-bond donors (Lipinski definition) is 3. The summed E-state index contributed by atoms with van der Waals surface area (Å²) in [4.78, 5) is 11.1. The van der Waals surface area contributed by atoms with Gasteiger partial charge in [-0.2, -0.15) is 0 Å². The lowest BCUT2D eigenvalue weighted by Gasteiger charge is -2.17. The van der Waals surface area contributed by atoms with Crippen molar-refractivity contribution in [1.82, 2.24) is 0 Å². The van der Waals surface area contributed by atoms with Crippen LogP contribution in [0.3, 0.4) is 0 Å². The molecule has 0 heterocycles. The monoisotopic (exact) mass is 250 g/mol. The number of unbranched alkanes of at least 4 members (excludes halogenated alkanes) is 2. The van der Waals surface area contributed by atoms with Gasteiger partial charge >= 0.3 is 5.97 Å². The summed E-state index contributed by atoms with van der Waals surface area (Å²) in [5.41, 5.74) is 7.14. The van der Waals surface area contributed by atoms with Gasteiger partial charge in [-0.25, -0.2) is 4.79 Å². The first-order chi connectivity index (χ1) is 8.54. The van der Waals surface area contributed by atoms with E-state index in [1.165, 1.54) is 12.8 Å². The zero-order chi connectivity index (χ0) is 13.5. The molecule has 0 aliphatic rings. The van der Waals surface area contributed by atoms with Crippen LogP contribution in [0.15, 0.2) is 18.2 Å². The maximum absolute atomic E-state index is 11.1. The maximum Gasteiger partial charge on any atom is 0.337 e. The molecule has 4 nitrogen and oxygen atoms in total. The van der Waals surface area contributed by atoms with Crippen molar-refractivity contribution in [1.29, 1.82) is 0 Å². The highest BCUT2D eigenvalue weighted by atomic mass is 16.4. The van der Waals surface area contributed by atoms with Crippen LogP contribution in [0, 0.1) is 0 Å².